The number of hydrogen-bond acceptors (Lipinski definition) is 7. The van der Waals surface area contributed by atoms with E-state index in [2.05, 4.69) is 26.7 Å². The second-order valence-corrected chi connectivity index (χ2v) is 12.5. The normalized spacial score (nSPS) is 14.4. The van der Waals surface area contributed by atoms with Gasteiger partial charge in [0.15, 0.2) is 11.6 Å². The molecule has 3 heterocycles. The number of carboxylic acids is 1. The molecule has 3 aromatic rings. The molecular weight excluding hydrogens is 643 g/mol. The van der Waals surface area contributed by atoms with Crippen molar-refractivity contribution >= 4 is 29.4 Å². The van der Waals surface area contributed by atoms with E-state index in [9.17, 15) is 19.5 Å². The monoisotopic (exact) mass is 686 g/mol. The number of rotatable bonds is 18. The highest BCUT2D eigenvalue weighted by Crippen LogP contribution is 2.31. The Labute approximate surface area is 290 Å². The van der Waals surface area contributed by atoms with Gasteiger partial charge in [0.2, 0.25) is 5.91 Å². The Morgan fingerprint density at radius 1 is 1.10 bits per heavy atom. The summed E-state index contributed by atoms with van der Waals surface area (Å²) in [5, 5.41) is 19.3. The van der Waals surface area contributed by atoms with Crippen molar-refractivity contribution in [3.8, 4) is 5.75 Å². The number of benzene rings is 2. The van der Waals surface area contributed by atoms with E-state index in [0.717, 1.165) is 49.3 Å². The maximum absolute atomic E-state index is 15.2. The first kappa shape index (κ1) is 35.9. The molecule has 1 aromatic heterocycles. The molecule has 14 heteroatoms. The number of urea groups is 1. The molecule has 3 amide bonds. The quantitative estimate of drug-likeness (QED) is 0.0592. The molecule has 1 atom stereocenters. The molecule has 1 saturated heterocycles. The van der Waals surface area contributed by atoms with Crippen molar-refractivity contribution in [1.82, 2.24) is 14.8 Å². The number of ether oxygens (including phenoxy) is 1. The summed E-state index contributed by atoms with van der Waals surface area (Å²) in [6, 6.07) is 14.7. The topological polar surface area (TPSA) is 173 Å². The third-order valence-corrected chi connectivity index (χ3v) is 8.89. The second kappa shape index (κ2) is 17.9. The van der Waals surface area contributed by atoms with Gasteiger partial charge in [-0.05, 0) is 91.1 Å². The Morgan fingerprint density at radius 2 is 1.94 bits per heavy atom. The number of anilines is 2. The van der Waals surface area contributed by atoms with Crippen LogP contribution in [0.1, 0.15) is 67.0 Å². The smallest absolute Gasteiger partial charge is 0.320 e. The predicted molar refractivity (Wildman–Crippen MR) is 187 cm³/mol. The van der Waals surface area contributed by atoms with Crippen LogP contribution in [-0.4, -0.2) is 77.1 Å². The lowest BCUT2D eigenvalue weighted by Crippen LogP contribution is -2.36. The Hall–Kier alpha value is -5.36. The van der Waals surface area contributed by atoms with E-state index in [1.807, 2.05) is 18.2 Å². The molecule has 0 aliphatic carbocycles. The first-order valence-electron chi connectivity index (χ1n) is 17.1. The summed E-state index contributed by atoms with van der Waals surface area (Å²) < 4.78 is 20.9. The minimum atomic E-state index is -1.08. The molecule has 5 rings (SSSR count). The average molecular weight is 687 g/mol. The molecule has 3 N–H and O–H groups in total. The van der Waals surface area contributed by atoms with Gasteiger partial charge in [0.1, 0.15) is 5.82 Å². The first-order valence-corrected chi connectivity index (χ1v) is 17.1. The molecule has 2 aliphatic heterocycles. The van der Waals surface area contributed by atoms with Crippen molar-refractivity contribution in [2.75, 3.05) is 50.0 Å². The van der Waals surface area contributed by atoms with Crippen molar-refractivity contribution in [2.45, 2.75) is 63.8 Å². The number of fused-ring (bicyclic) bond motifs is 1. The molecule has 1 fully saturated rings. The fourth-order valence-electron chi connectivity index (χ4n) is 6.24. The van der Waals surface area contributed by atoms with Crippen LogP contribution in [0.2, 0.25) is 0 Å². The number of amides is 3. The predicted octanol–water partition coefficient (Wildman–Crippen LogP) is 6.51. The molecule has 264 valence electrons. The molecule has 2 aliphatic rings. The summed E-state index contributed by atoms with van der Waals surface area (Å²) in [4.78, 5) is 48.0. The van der Waals surface area contributed by atoms with E-state index in [-0.39, 0.29) is 30.7 Å². The number of hydrogen-bond donors (Lipinski definition) is 3. The summed E-state index contributed by atoms with van der Waals surface area (Å²) in [5.74, 6) is -0.856. The van der Waals surface area contributed by atoms with Crippen LogP contribution in [0.4, 0.5) is 20.7 Å². The van der Waals surface area contributed by atoms with Crippen molar-refractivity contribution in [2.24, 2.45) is 5.11 Å². The number of aromatic nitrogens is 1. The summed E-state index contributed by atoms with van der Waals surface area (Å²) >= 11 is 0. The summed E-state index contributed by atoms with van der Waals surface area (Å²) in [5.41, 5.74) is 12.5. The lowest BCUT2D eigenvalue weighted by Gasteiger charge is -2.27. The van der Waals surface area contributed by atoms with E-state index >= 15 is 4.39 Å². The number of halogens is 1. The summed E-state index contributed by atoms with van der Waals surface area (Å²) in [6.45, 7) is 2.81. The van der Waals surface area contributed by atoms with Crippen LogP contribution in [0.25, 0.3) is 10.4 Å². The first-order chi connectivity index (χ1) is 24.3. The van der Waals surface area contributed by atoms with Gasteiger partial charge in [-0.25, -0.2) is 14.2 Å². The van der Waals surface area contributed by atoms with Crippen LogP contribution in [0.15, 0.2) is 59.7 Å². The molecule has 50 heavy (non-hydrogen) atoms. The van der Waals surface area contributed by atoms with Crippen LogP contribution in [0.3, 0.4) is 0 Å². The zero-order valence-electron chi connectivity index (χ0n) is 28.0. The number of carboxylic acid groups (broad SMARTS) is 1. The minimum absolute atomic E-state index is 0.0348. The Bertz CT molecular complexity index is 1700. The molecular formula is C36H43FN8O5. The molecule has 0 saturated carbocycles. The van der Waals surface area contributed by atoms with Crippen LogP contribution >= 0.6 is 0 Å². The molecule has 0 bridgehead atoms. The largest absolute Gasteiger partial charge is 0.490 e. The van der Waals surface area contributed by atoms with Gasteiger partial charge in [-0.1, -0.05) is 29.4 Å². The number of carbonyl (C=O) groups excluding carboxylic acids is 2. The standard InChI is InChI=1S/C36H43FN8O5/c37-30-23-27(11-15-32(30)50-22-16-25-8-12-29(13-9-25)41-33(46)7-1-2-18-40-43-38)31(24-34(47)48)45-21-20-44(36(45)49)19-4-6-28-14-10-26-5-3-17-39-35(26)42-28/h8-15,23,31H,1-7,16-22,24H2,(H,39,42)(H,41,46)(H,47,48). The van der Waals surface area contributed by atoms with Crippen LogP contribution in [0.5, 0.6) is 5.75 Å². The van der Waals surface area contributed by atoms with Crippen molar-refractivity contribution in [3.63, 3.8) is 0 Å². The average Bonchev–Trinajstić information content (AvgIpc) is 3.47. The van der Waals surface area contributed by atoms with Crippen molar-refractivity contribution < 1.29 is 28.6 Å². The van der Waals surface area contributed by atoms with E-state index in [1.54, 1.807) is 23.1 Å². The van der Waals surface area contributed by atoms with Crippen LogP contribution in [-0.2, 0) is 28.9 Å². The third kappa shape index (κ3) is 10.1. The molecule has 13 nitrogen and oxygen atoms in total. The van der Waals surface area contributed by atoms with Gasteiger partial charge in [0.05, 0.1) is 19.1 Å². The number of nitrogens with zero attached hydrogens (tertiary/aromatic N) is 6. The second-order valence-electron chi connectivity index (χ2n) is 12.5. The zero-order valence-corrected chi connectivity index (χ0v) is 28.0. The number of carbonyl (C=O) groups is 3. The fraction of sp³-hybridized carbons (Fsp3) is 0.444. The third-order valence-electron chi connectivity index (χ3n) is 8.89. The number of unbranched alkanes of at least 4 members (excludes halogenated alkanes) is 1. The highest BCUT2D eigenvalue weighted by molar-refractivity contribution is 5.90. The van der Waals surface area contributed by atoms with Crippen LogP contribution < -0.4 is 15.4 Å². The van der Waals surface area contributed by atoms with Gasteiger partial charge in [0, 0.05) is 61.9 Å². The lowest BCUT2D eigenvalue weighted by atomic mass is 10.0. The Balaban J connectivity index is 1.10. The van der Waals surface area contributed by atoms with E-state index in [4.69, 9.17) is 15.3 Å². The molecule has 1 unspecified atom stereocenters. The number of azide groups is 1. The number of nitrogens with one attached hydrogen (secondary N) is 2. The van der Waals surface area contributed by atoms with E-state index in [0.29, 0.717) is 63.1 Å². The SMILES string of the molecule is [N-]=[N+]=NCCCCC(=O)Nc1ccc(CCOc2ccc(C(CC(=O)O)N3CCN(CCCc4ccc5c(n4)NCCC5)C3=O)cc2F)cc1. The summed E-state index contributed by atoms with van der Waals surface area (Å²) in [7, 11) is 0. The van der Waals surface area contributed by atoms with Gasteiger partial charge >= 0.3 is 12.0 Å². The molecule has 2 aromatic carbocycles. The Kier molecular flexibility index (Phi) is 12.8. The van der Waals surface area contributed by atoms with Gasteiger partial charge < -0.3 is 30.3 Å². The van der Waals surface area contributed by atoms with Gasteiger partial charge in [0.25, 0.3) is 0 Å². The number of pyridine rings is 1. The molecule has 0 spiro atoms. The van der Waals surface area contributed by atoms with Gasteiger partial charge in [-0.2, -0.15) is 0 Å². The highest BCUT2D eigenvalue weighted by Gasteiger charge is 2.35. The number of aryl methyl sites for hydroxylation is 2. The maximum Gasteiger partial charge on any atom is 0.320 e. The van der Waals surface area contributed by atoms with Gasteiger partial charge in [-0.3, -0.25) is 9.59 Å². The zero-order chi connectivity index (χ0) is 35.3. The fourth-order valence-corrected chi connectivity index (χ4v) is 6.24. The summed E-state index contributed by atoms with van der Waals surface area (Å²) in [6.07, 6.45) is 5.31. The maximum atomic E-state index is 15.2. The lowest BCUT2D eigenvalue weighted by molar-refractivity contribution is -0.138. The van der Waals surface area contributed by atoms with Crippen LogP contribution in [0, 0.1) is 5.82 Å². The van der Waals surface area contributed by atoms with Crippen molar-refractivity contribution in [1.29, 1.82) is 0 Å². The van der Waals surface area contributed by atoms with E-state index in [1.165, 1.54) is 22.6 Å². The number of aliphatic carboxylic acids is 1. The van der Waals surface area contributed by atoms with Crippen molar-refractivity contribution in [3.05, 3.63) is 93.2 Å². The van der Waals surface area contributed by atoms with E-state index < -0.39 is 17.8 Å². The van der Waals surface area contributed by atoms with Gasteiger partial charge in [-0.15, -0.1) is 0 Å². The minimum Gasteiger partial charge on any atom is -0.490 e. The highest BCUT2D eigenvalue weighted by atomic mass is 19.1. The Morgan fingerprint density at radius 3 is 2.72 bits per heavy atom. The molecule has 0 radical (unpaired) electrons.